The molecule has 4 heteroatoms. The van der Waals surface area contributed by atoms with Crippen LogP contribution < -0.4 is 5.32 Å². The van der Waals surface area contributed by atoms with Gasteiger partial charge in [-0.2, -0.15) is 0 Å². The average molecular weight is 396 g/mol. The van der Waals surface area contributed by atoms with Crippen molar-refractivity contribution in [1.29, 1.82) is 0 Å². The van der Waals surface area contributed by atoms with Crippen LogP contribution in [-0.2, 0) is 11.2 Å². The van der Waals surface area contributed by atoms with E-state index >= 15 is 0 Å². The van der Waals surface area contributed by atoms with Crippen LogP contribution in [0.5, 0.6) is 0 Å². The van der Waals surface area contributed by atoms with Gasteiger partial charge in [-0.3, -0.25) is 9.20 Å². The maximum Gasteiger partial charge on any atom is 0.244 e. The highest BCUT2D eigenvalue weighted by atomic mass is 16.1. The molecular weight excluding hydrogens is 370 g/mol. The normalized spacial score (nSPS) is 11.3. The van der Waals surface area contributed by atoms with E-state index in [1.54, 1.807) is 6.08 Å². The Labute approximate surface area is 176 Å². The van der Waals surface area contributed by atoms with Gasteiger partial charge in [-0.05, 0) is 49.6 Å². The Kier molecular flexibility index (Phi) is 5.75. The zero-order valence-corrected chi connectivity index (χ0v) is 17.3. The van der Waals surface area contributed by atoms with Crippen LogP contribution in [0.3, 0.4) is 0 Å². The van der Waals surface area contributed by atoms with E-state index in [0.717, 1.165) is 34.6 Å². The fourth-order valence-electron chi connectivity index (χ4n) is 3.44. The van der Waals surface area contributed by atoms with Gasteiger partial charge >= 0.3 is 0 Å². The number of nitrogens with zero attached hydrogens (tertiary/aromatic N) is 2. The first-order chi connectivity index (χ1) is 14.6. The number of hydrogen-bond acceptors (Lipinski definition) is 2. The smallest absolute Gasteiger partial charge is 0.244 e. The summed E-state index contributed by atoms with van der Waals surface area (Å²) < 4.78 is 2.02. The van der Waals surface area contributed by atoms with Crippen LogP contribution in [0.15, 0.2) is 79.0 Å². The topological polar surface area (TPSA) is 46.4 Å². The lowest BCUT2D eigenvalue weighted by atomic mass is 10.1. The Morgan fingerprint density at radius 2 is 1.77 bits per heavy atom. The summed E-state index contributed by atoms with van der Waals surface area (Å²) in [4.78, 5) is 17.2. The van der Waals surface area contributed by atoms with E-state index in [0.29, 0.717) is 6.54 Å². The van der Waals surface area contributed by atoms with E-state index < -0.39 is 0 Å². The van der Waals surface area contributed by atoms with E-state index in [1.807, 2.05) is 40.9 Å². The van der Waals surface area contributed by atoms with Gasteiger partial charge in [0.1, 0.15) is 5.65 Å². The number of aryl methyl sites for hydroxylation is 2. The minimum atomic E-state index is -0.108. The number of nitrogens with one attached hydrogen (secondary N) is 1. The van der Waals surface area contributed by atoms with Crippen molar-refractivity contribution >= 4 is 17.6 Å². The molecule has 1 N–H and O–H groups in total. The van der Waals surface area contributed by atoms with E-state index in [2.05, 4.69) is 61.6 Å². The van der Waals surface area contributed by atoms with E-state index in [9.17, 15) is 4.79 Å². The number of aromatic nitrogens is 2. The fourth-order valence-corrected chi connectivity index (χ4v) is 3.44. The zero-order chi connectivity index (χ0) is 20.9. The van der Waals surface area contributed by atoms with E-state index in [-0.39, 0.29) is 5.91 Å². The van der Waals surface area contributed by atoms with Crippen molar-refractivity contribution in [2.45, 2.75) is 20.3 Å². The summed E-state index contributed by atoms with van der Waals surface area (Å²) in [7, 11) is 0. The molecule has 2 aromatic carbocycles. The summed E-state index contributed by atoms with van der Waals surface area (Å²) in [5.74, 6) is -0.108. The second-order valence-electron chi connectivity index (χ2n) is 7.50. The van der Waals surface area contributed by atoms with Crippen LogP contribution in [0.4, 0.5) is 0 Å². The van der Waals surface area contributed by atoms with Crippen LogP contribution in [0.1, 0.15) is 22.4 Å². The van der Waals surface area contributed by atoms with Crippen LogP contribution in [-0.4, -0.2) is 21.8 Å². The lowest BCUT2D eigenvalue weighted by molar-refractivity contribution is -0.116. The van der Waals surface area contributed by atoms with Crippen molar-refractivity contribution in [2.24, 2.45) is 0 Å². The van der Waals surface area contributed by atoms with Gasteiger partial charge in [-0.25, -0.2) is 4.98 Å². The fraction of sp³-hybridized carbons (Fsp3) is 0.154. The van der Waals surface area contributed by atoms with Crippen LogP contribution in [0, 0.1) is 13.8 Å². The first-order valence-electron chi connectivity index (χ1n) is 10.2. The molecule has 0 aliphatic rings. The number of carbonyl (C=O) groups is 1. The Bertz CT molecular complexity index is 1190. The molecule has 2 aromatic heterocycles. The largest absolute Gasteiger partial charge is 0.352 e. The molecule has 30 heavy (non-hydrogen) atoms. The Morgan fingerprint density at radius 3 is 2.53 bits per heavy atom. The van der Waals surface area contributed by atoms with Crippen LogP contribution in [0.2, 0.25) is 0 Å². The lowest BCUT2D eigenvalue weighted by Gasteiger charge is -2.04. The molecule has 4 rings (SSSR count). The van der Waals surface area contributed by atoms with Crippen molar-refractivity contribution in [1.82, 2.24) is 14.7 Å². The molecular formula is C26H25N3O. The number of carbonyl (C=O) groups excluding carboxylic acids is 1. The molecule has 0 saturated heterocycles. The van der Waals surface area contributed by atoms with Gasteiger partial charge < -0.3 is 5.32 Å². The molecule has 0 saturated carbocycles. The standard InChI is InChI=1S/C26H25N3O/c1-19-8-10-22(11-9-19)26-23(29-17-15-20(2)18-24(29)28-26)12-13-25(30)27-16-14-21-6-4-3-5-7-21/h3-13,15,17-18H,14,16H2,1-2H3,(H,27,30)/b13-12+. The third-order valence-electron chi connectivity index (χ3n) is 5.09. The van der Waals surface area contributed by atoms with Crippen molar-refractivity contribution in [2.75, 3.05) is 6.54 Å². The Balaban J connectivity index is 1.56. The van der Waals surface area contributed by atoms with Crippen LogP contribution >= 0.6 is 0 Å². The molecule has 0 spiro atoms. The maximum atomic E-state index is 12.4. The molecule has 0 unspecified atom stereocenters. The predicted octanol–water partition coefficient (Wildman–Crippen LogP) is 4.99. The number of hydrogen-bond donors (Lipinski definition) is 1. The van der Waals surface area contributed by atoms with Crippen molar-refractivity contribution in [3.8, 4) is 11.3 Å². The van der Waals surface area contributed by atoms with Gasteiger partial charge in [0.2, 0.25) is 5.91 Å². The minimum absolute atomic E-state index is 0.108. The third kappa shape index (κ3) is 4.49. The molecule has 4 aromatic rings. The first-order valence-corrected chi connectivity index (χ1v) is 10.2. The van der Waals surface area contributed by atoms with Crippen molar-refractivity contribution in [3.05, 3.63) is 101 Å². The van der Waals surface area contributed by atoms with Gasteiger partial charge in [-0.1, -0.05) is 60.2 Å². The molecule has 0 atom stereocenters. The molecule has 0 bridgehead atoms. The second kappa shape index (κ2) is 8.78. The highest BCUT2D eigenvalue weighted by Crippen LogP contribution is 2.26. The Hall–Kier alpha value is -3.66. The SMILES string of the molecule is Cc1ccc(-c2nc3cc(C)ccn3c2/C=C/C(=O)NCCc2ccccc2)cc1. The summed E-state index contributed by atoms with van der Waals surface area (Å²) in [5.41, 5.74) is 7.23. The molecule has 2 heterocycles. The van der Waals surface area contributed by atoms with Crippen LogP contribution in [0.25, 0.3) is 23.0 Å². The quantitative estimate of drug-likeness (QED) is 0.468. The summed E-state index contributed by atoms with van der Waals surface area (Å²) in [6.45, 7) is 4.72. The molecule has 4 nitrogen and oxygen atoms in total. The number of imidazole rings is 1. The summed E-state index contributed by atoms with van der Waals surface area (Å²) in [6.07, 6.45) is 6.25. The maximum absolute atomic E-state index is 12.4. The third-order valence-corrected chi connectivity index (χ3v) is 5.09. The molecule has 150 valence electrons. The molecule has 1 amide bonds. The lowest BCUT2D eigenvalue weighted by Crippen LogP contribution is -2.23. The average Bonchev–Trinajstić information content (AvgIpc) is 3.11. The zero-order valence-electron chi connectivity index (χ0n) is 17.3. The van der Waals surface area contributed by atoms with E-state index in [1.165, 1.54) is 11.1 Å². The summed E-state index contributed by atoms with van der Waals surface area (Å²) in [6, 6.07) is 22.5. The highest BCUT2D eigenvalue weighted by molar-refractivity contribution is 5.92. The number of amides is 1. The minimum Gasteiger partial charge on any atom is -0.352 e. The van der Waals surface area contributed by atoms with E-state index in [4.69, 9.17) is 4.98 Å². The second-order valence-corrected chi connectivity index (χ2v) is 7.50. The first kappa shape index (κ1) is 19.6. The summed E-state index contributed by atoms with van der Waals surface area (Å²) >= 11 is 0. The number of rotatable bonds is 6. The monoisotopic (exact) mass is 395 g/mol. The van der Waals surface area contributed by atoms with Crippen molar-refractivity contribution in [3.63, 3.8) is 0 Å². The molecule has 0 fully saturated rings. The predicted molar refractivity (Wildman–Crippen MR) is 122 cm³/mol. The number of benzene rings is 2. The highest BCUT2D eigenvalue weighted by Gasteiger charge is 2.12. The van der Waals surface area contributed by atoms with Gasteiger partial charge in [0, 0.05) is 24.4 Å². The van der Waals surface area contributed by atoms with Gasteiger partial charge in [0.15, 0.2) is 0 Å². The number of pyridine rings is 1. The Morgan fingerprint density at radius 1 is 1.00 bits per heavy atom. The number of fused-ring (bicyclic) bond motifs is 1. The van der Waals surface area contributed by atoms with Crippen molar-refractivity contribution < 1.29 is 4.79 Å². The molecule has 0 aliphatic carbocycles. The van der Waals surface area contributed by atoms with Gasteiger partial charge in [-0.15, -0.1) is 0 Å². The molecule has 0 radical (unpaired) electrons. The van der Waals surface area contributed by atoms with Gasteiger partial charge in [0.05, 0.1) is 11.4 Å². The molecule has 0 aliphatic heterocycles. The summed E-state index contributed by atoms with van der Waals surface area (Å²) in [5, 5.41) is 2.96. The van der Waals surface area contributed by atoms with Gasteiger partial charge in [0.25, 0.3) is 0 Å².